The zero-order chi connectivity index (χ0) is 28.4. The Morgan fingerprint density at radius 1 is 1.08 bits per heavy atom. The molecule has 1 aliphatic heterocycles. The summed E-state index contributed by atoms with van der Waals surface area (Å²) in [5.41, 5.74) is -2.75. The van der Waals surface area contributed by atoms with Crippen molar-refractivity contribution < 1.29 is 13.6 Å². The molecule has 1 aromatic heterocycles. The molecule has 0 spiro atoms. The standard InChI is InChI=1S/C20H12B10ClF2N3O/c1-9-2-5-13(34-7-9)17(23,24)35-19(27,28)15(33)8-16(21,22)36(20(29,30)18(15,25)26)14(37)10-3-4-12(32)11(31)6-10/h2-7,35H,8H2,1H3. The first-order chi connectivity index (χ1) is 16.6. The minimum absolute atomic E-state index is 0.0148. The van der Waals surface area contributed by atoms with Crippen molar-refractivity contribution in [2.24, 2.45) is 0 Å². The molecule has 17 heteroatoms. The summed E-state index contributed by atoms with van der Waals surface area (Å²) < 4.78 is 30.6. The second-order valence-electron chi connectivity index (χ2n) is 9.52. The summed E-state index contributed by atoms with van der Waals surface area (Å²) in [6, 6.07) is 5.99. The Balaban J connectivity index is 2.07. The molecule has 4 nitrogen and oxygen atoms in total. The number of rotatable bonds is 5. The van der Waals surface area contributed by atoms with Crippen LogP contribution in [0.4, 0.5) is 8.78 Å². The van der Waals surface area contributed by atoms with Gasteiger partial charge in [0, 0.05) is 17.5 Å². The Bertz CT molecular complexity index is 1220. The first kappa shape index (κ1) is 30.1. The second-order valence-corrected chi connectivity index (χ2v) is 9.92. The largest absolute Gasteiger partial charge is 0.363 e. The molecule has 20 radical (unpaired) electrons. The Labute approximate surface area is 234 Å². The molecule has 0 aliphatic carbocycles. The van der Waals surface area contributed by atoms with Gasteiger partial charge in [0.1, 0.15) is 11.5 Å². The Kier molecular flexibility index (Phi) is 7.63. The van der Waals surface area contributed by atoms with Crippen molar-refractivity contribution in [3.05, 3.63) is 64.2 Å². The zero-order valence-electron chi connectivity index (χ0n) is 19.9. The number of amides is 1. The molecular formula is C20H12B10ClF2N3O. The topological polar surface area (TPSA) is 45.2 Å². The van der Waals surface area contributed by atoms with Crippen LogP contribution in [-0.2, 0) is 5.34 Å². The van der Waals surface area contributed by atoms with Crippen molar-refractivity contribution in [2.45, 2.75) is 45.6 Å². The van der Waals surface area contributed by atoms with E-state index < -0.39 is 55.4 Å². The van der Waals surface area contributed by atoms with E-state index in [2.05, 4.69) is 10.3 Å². The third-order valence-electron chi connectivity index (χ3n) is 6.41. The van der Waals surface area contributed by atoms with Crippen LogP contribution in [-0.4, -0.2) is 116 Å². The summed E-state index contributed by atoms with van der Waals surface area (Å²) in [7, 11) is 61.3. The summed E-state index contributed by atoms with van der Waals surface area (Å²) in [6.07, 6.45) is 0.324. The third kappa shape index (κ3) is 4.90. The Morgan fingerprint density at radius 2 is 1.68 bits per heavy atom. The van der Waals surface area contributed by atoms with E-state index in [4.69, 9.17) is 90.1 Å². The second kappa shape index (κ2) is 9.36. The molecule has 0 saturated carbocycles. The van der Waals surface area contributed by atoms with Gasteiger partial charge >= 0.3 is 0 Å². The van der Waals surface area contributed by atoms with Crippen molar-refractivity contribution in [3.63, 3.8) is 0 Å². The number of halogens is 3. The molecule has 1 aliphatic rings. The average Bonchev–Trinajstić information content (AvgIpc) is 2.73. The van der Waals surface area contributed by atoms with Crippen molar-refractivity contribution in [1.29, 1.82) is 0 Å². The lowest BCUT2D eigenvalue weighted by Crippen LogP contribution is -2.84. The molecule has 1 aromatic carbocycles. The Hall–Kier alpha value is -1.40. The maximum atomic E-state index is 17.0. The van der Waals surface area contributed by atoms with Gasteiger partial charge in [-0.15, -0.1) is 0 Å². The minimum atomic E-state index is -3.29. The van der Waals surface area contributed by atoms with Crippen LogP contribution in [0.25, 0.3) is 0 Å². The maximum Gasteiger partial charge on any atom is 0.252 e. The van der Waals surface area contributed by atoms with Gasteiger partial charge in [-0.05, 0) is 64.5 Å². The number of piperidine rings is 1. The van der Waals surface area contributed by atoms with E-state index in [1.54, 1.807) is 13.0 Å². The van der Waals surface area contributed by atoms with E-state index in [0.29, 0.717) is 4.90 Å². The molecule has 1 fully saturated rings. The monoisotopic (exact) mass is 493 g/mol. The van der Waals surface area contributed by atoms with Crippen LogP contribution >= 0.6 is 11.6 Å². The first-order valence-corrected chi connectivity index (χ1v) is 11.1. The SMILES string of the molecule is [B]C([B])(NC([B])([B])C1(F)CC([B])([B])N(C(=O)c2ccc(F)c(Cl)c2)C([B])([B])C1([B])[B])c1ccc(C)cn1. The van der Waals surface area contributed by atoms with Crippen molar-refractivity contribution in [2.75, 3.05) is 0 Å². The number of nitrogens with one attached hydrogen (secondary N) is 1. The van der Waals surface area contributed by atoms with Crippen LogP contribution < -0.4 is 5.32 Å². The van der Waals surface area contributed by atoms with Gasteiger partial charge < -0.3 is 10.2 Å². The van der Waals surface area contributed by atoms with Gasteiger partial charge in [-0.2, -0.15) is 0 Å². The van der Waals surface area contributed by atoms with Crippen molar-refractivity contribution >= 4 is 96.0 Å². The zero-order valence-corrected chi connectivity index (χ0v) is 20.6. The lowest BCUT2D eigenvalue weighted by atomic mass is 9.21. The number of likely N-dealkylation sites (tertiary alicyclic amines) is 1. The predicted octanol–water partition coefficient (Wildman–Crippen LogP) is -1.10. The van der Waals surface area contributed by atoms with Gasteiger partial charge in [-0.3, -0.25) is 9.78 Å². The smallest absolute Gasteiger partial charge is 0.252 e. The summed E-state index contributed by atoms with van der Waals surface area (Å²) >= 11 is 5.77. The third-order valence-corrected chi connectivity index (χ3v) is 6.70. The number of hydrogen-bond acceptors (Lipinski definition) is 3. The molecule has 1 amide bonds. The van der Waals surface area contributed by atoms with E-state index in [9.17, 15) is 9.18 Å². The molecule has 1 atom stereocenters. The van der Waals surface area contributed by atoms with Crippen LogP contribution in [0.3, 0.4) is 0 Å². The molecule has 164 valence electrons. The van der Waals surface area contributed by atoms with Gasteiger partial charge in [-0.25, -0.2) is 8.78 Å². The molecule has 2 aromatic rings. The number of benzene rings is 1. The fourth-order valence-electron chi connectivity index (χ4n) is 4.28. The predicted molar refractivity (Wildman–Crippen MR) is 148 cm³/mol. The number of carbonyl (C=O) groups excluding carboxylic acids is 1. The highest BCUT2D eigenvalue weighted by atomic mass is 35.5. The maximum absolute atomic E-state index is 17.0. The van der Waals surface area contributed by atoms with Crippen LogP contribution in [0, 0.1) is 12.7 Å². The summed E-state index contributed by atoms with van der Waals surface area (Å²) in [6.45, 7) is 1.77. The van der Waals surface area contributed by atoms with Crippen molar-refractivity contribution in [3.8, 4) is 0 Å². The minimum Gasteiger partial charge on any atom is -0.363 e. The van der Waals surface area contributed by atoms with Crippen LogP contribution in [0.1, 0.15) is 28.0 Å². The fourth-order valence-corrected chi connectivity index (χ4v) is 4.46. The summed E-state index contributed by atoms with van der Waals surface area (Å²) in [5.74, 6) is -1.91. The quantitative estimate of drug-likeness (QED) is 0.540. The average molecular weight is 492 g/mol. The lowest BCUT2D eigenvalue weighted by molar-refractivity contribution is -0.0236. The highest BCUT2D eigenvalue weighted by Crippen LogP contribution is 2.58. The number of aromatic nitrogens is 1. The van der Waals surface area contributed by atoms with Gasteiger partial charge in [-0.1, -0.05) is 22.9 Å². The molecule has 1 unspecified atom stereocenters. The highest BCUT2D eigenvalue weighted by Gasteiger charge is 2.67. The molecule has 1 N–H and O–H groups in total. The van der Waals surface area contributed by atoms with E-state index in [-0.39, 0.29) is 11.3 Å². The molecule has 1 saturated heterocycles. The number of hydrogen-bond donors (Lipinski definition) is 1. The number of nitrogens with zero attached hydrogens (tertiary/aromatic N) is 2. The Morgan fingerprint density at radius 3 is 2.19 bits per heavy atom. The van der Waals surface area contributed by atoms with Crippen molar-refractivity contribution in [1.82, 2.24) is 15.2 Å². The normalized spacial score (nSPS) is 22.9. The number of alkyl halides is 1. The first-order valence-electron chi connectivity index (χ1n) is 10.7. The van der Waals surface area contributed by atoms with Crippen LogP contribution in [0.5, 0.6) is 0 Å². The summed E-state index contributed by atoms with van der Waals surface area (Å²) in [5, 5.41) is -11.4. The number of aryl methyl sites for hydroxylation is 1. The lowest BCUT2D eigenvalue weighted by Gasteiger charge is -2.72. The van der Waals surface area contributed by atoms with Gasteiger partial charge in [0.25, 0.3) is 5.91 Å². The van der Waals surface area contributed by atoms with E-state index >= 15 is 4.39 Å². The van der Waals surface area contributed by atoms with E-state index in [1.165, 1.54) is 12.3 Å². The van der Waals surface area contributed by atoms with E-state index in [0.717, 1.165) is 23.8 Å². The molecular weight excluding hydrogens is 480 g/mol. The van der Waals surface area contributed by atoms with Crippen LogP contribution in [0.2, 0.25) is 10.2 Å². The van der Waals surface area contributed by atoms with Gasteiger partial charge in [0.2, 0.25) is 0 Å². The highest BCUT2D eigenvalue weighted by molar-refractivity contribution is 6.58. The number of pyridine rings is 1. The molecule has 0 bridgehead atoms. The molecule has 37 heavy (non-hydrogen) atoms. The number of carbonyl (C=O) groups is 1. The molecule has 3 rings (SSSR count). The van der Waals surface area contributed by atoms with E-state index in [1.807, 2.05) is 0 Å². The van der Waals surface area contributed by atoms with Gasteiger partial charge in [0.05, 0.1) is 83.5 Å². The van der Waals surface area contributed by atoms with Crippen LogP contribution in [0.15, 0.2) is 36.5 Å². The fraction of sp³-hybridized carbons (Fsp3) is 0.400. The van der Waals surface area contributed by atoms with Gasteiger partial charge in [0.15, 0.2) is 0 Å². The summed E-state index contributed by atoms with van der Waals surface area (Å²) in [4.78, 5) is 17.9. The molecule has 2 heterocycles.